The van der Waals surface area contributed by atoms with Crippen LogP contribution < -0.4 is 15.8 Å². The van der Waals surface area contributed by atoms with Gasteiger partial charge >= 0.3 is 5.97 Å². The highest BCUT2D eigenvalue weighted by atomic mass is 32.2. The van der Waals surface area contributed by atoms with E-state index in [0.717, 1.165) is 41.4 Å². The van der Waals surface area contributed by atoms with Gasteiger partial charge in [0.15, 0.2) is 0 Å². The summed E-state index contributed by atoms with van der Waals surface area (Å²) in [7, 11) is -1.64. The monoisotopic (exact) mass is 612 g/mol. The number of piperazine rings is 1. The molecule has 44 heavy (non-hydrogen) atoms. The van der Waals surface area contributed by atoms with Crippen LogP contribution in [-0.4, -0.2) is 68.2 Å². The van der Waals surface area contributed by atoms with E-state index < -0.39 is 16.0 Å². The summed E-state index contributed by atoms with van der Waals surface area (Å²) in [6, 6.07) is 26.1. The Morgan fingerprint density at radius 3 is 2.64 bits per heavy atom. The fraction of sp³-hybridized carbons (Fsp3) is 0.273. The maximum atomic E-state index is 13.6. The van der Waals surface area contributed by atoms with Gasteiger partial charge in [0.05, 0.1) is 24.0 Å². The van der Waals surface area contributed by atoms with E-state index in [1.54, 1.807) is 18.2 Å². The highest BCUT2D eigenvalue weighted by Gasteiger charge is 2.23. The van der Waals surface area contributed by atoms with Crippen molar-refractivity contribution in [3.63, 3.8) is 0 Å². The number of rotatable bonds is 10. The Morgan fingerprint density at radius 1 is 1.05 bits per heavy atom. The lowest BCUT2D eigenvalue weighted by atomic mass is 10.0. The molecule has 1 unspecified atom stereocenters. The fourth-order valence-corrected chi connectivity index (χ4v) is 6.90. The van der Waals surface area contributed by atoms with Crippen molar-refractivity contribution < 1.29 is 17.9 Å². The van der Waals surface area contributed by atoms with E-state index in [0.29, 0.717) is 28.3 Å². The summed E-state index contributed by atoms with van der Waals surface area (Å²) in [5, 5.41) is 5.99. The Morgan fingerprint density at radius 2 is 1.84 bits per heavy atom. The normalized spacial score (nSPS) is 15.9. The van der Waals surface area contributed by atoms with Gasteiger partial charge in [0.25, 0.3) is 0 Å². The van der Waals surface area contributed by atoms with E-state index >= 15 is 0 Å². The van der Waals surface area contributed by atoms with E-state index in [9.17, 15) is 13.2 Å². The van der Waals surface area contributed by atoms with E-state index in [1.165, 1.54) is 0 Å². The summed E-state index contributed by atoms with van der Waals surface area (Å²) in [5.41, 5.74) is 9.54. The Bertz CT molecular complexity index is 1910. The van der Waals surface area contributed by atoms with Crippen LogP contribution in [0.3, 0.4) is 0 Å². The molecule has 1 aliphatic rings. The Balaban J connectivity index is 1.35. The Labute approximate surface area is 256 Å². The molecule has 0 bridgehead atoms. The molecule has 0 radical (unpaired) electrons. The van der Waals surface area contributed by atoms with Gasteiger partial charge in [-0.15, -0.1) is 0 Å². The zero-order chi connectivity index (χ0) is 30.7. The zero-order valence-corrected chi connectivity index (χ0v) is 25.4. The van der Waals surface area contributed by atoms with Crippen LogP contribution in [0.2, 0.25) is 0 Å². The number of fused-ring (bicyclic) bond motifs is 2. The van der Waals surface area contributed by atoms with Gasteiger partial charge in [0, 0.05) is 37.3 Å². The van der Waals surface area contributed by atoms with Crippen molar-refractivity contribution in [3.05, 3.63) is 107 Å². The van der Waals surface area contributed by atoms with E-state index in [-0.39, 0.29) is 31.5 Å². The number of nitrogens with two attached hydrogens (primary N) is 1. The number of esters is 1. The smallest absolute Gasteiger partial charge is 0.355 e. The first-order valence-corrected chi connectivity index (χ1v) is 16.3. The number of nitrogens with one attached hydrogen (secondary N) is 2. The van der Waals surface area contributed by atoms with Crippen molar-refractivity contribution in [2.24, 2.45) is 5.73 Å². The van der Waals surface area contributed by atoms with Gasteiger partial charge < -0.3 is 25.3 Å². The van der Waals surface area contributed by atoms with Crippen LogP contribution in [0.25, 0.3) is 21.8 Å². The van der Waals surface area contributed by atoms with Crippen molar-refractivity contribution >= 4 is 43.5 Å². The first-order valence-electron chi connectivity index (χ1n) is 14.6. The molecule has 1 aliphatic heterocycles. The van der Waals surface area contributed by atoms with Gasteiger partial charge in [-0.1, -0.05) is 54.6 Å². The van der Waals surface area contributed by atoms with Crippen molar-refractivity contribution in [2.45, 2.75) is 24.9 Å². The number of sulfonamides is 1. The average molecular weight is 613 g/mol. The van der Waals surface area contributed by atoms with Crippen molar-refractivity contribution in [1.29, 1.82) is 0 Å². The number of likely N-dealkylation sites (N-methyl/N-ethyl adjacent to an activating group) is 1. The second-order valence-electron chi connectivity index (χ2n) is 11.3. The molecule has 1 saturated heterocycles. The summed E-state index contributed by atoms with van der Waals surface area (Å²) in [6.07, 6.45) is 0. The molecule has 11 heteroatoms. The number of ether oxygens (including phenoxy) is 1. The maximum absolute atomic E-state index is 13.6. The standard InChI is InChI=1S/C33H36N6O4S/c1-38-14-13-35-29(20-38)21-43-33(40)31-17-25-11-12-27(18-34)36-32(25)39(31)19-26-16-28(15-24-9-5-6-10-30(24)26)37-44(41,42)22-23-7-3-2-4-8-23/h2-12,15-17,29,35,37H,13-14,18-22,34H2,1H3. The van der Waals surface area contributed by atoms with Crippen LogP contribution in [-0.2, 0) is 33.6 Å². The third kappa shape index (κ3) is 6.76. The average Bonchev–Trinajstić information content (AvgIpc) is 3.37. The highest BCUT2D eigenvalue weighted by molar-refractivity contribution is 7.91. The van der Waals surface area contributed by atoms with E-state index in [4.69, 9.17) is 15.5 Å². The largest absolute Gasteiger partial charge is 0.459 e. The highest BCUT2D eigenvalue weighted by Crippen LogP contribution is 2.29. The second-order valence-corrected chi connectivity index (χ2v) is 13.0. The predicted octanol–water partition coefficient (Wildman–Crippen LogP) is 3.70. The minimum absolute atomic E-state index is 0.0435. The second kappa shape index (κ2) is 12.7. The number of benzene rings is 3. The molecule has 6 rings (SSSR count). The van der Waals surface area contributed by atoms with E-state index in [1.807, 2.05) is 71.3 Å². The van der Waals surface area contributed by atoms with Crippen LogP contribution >= 0.6 is 0 Å². The number of carbonyl (C=O) groups excluding carboxylic acids is 1. The minimum atomic E-state index is -3.69. The van der Waals surface area contributed by atoms with Crippen molar-refractivity contribution in [2.75, 3.05) is 38.0 Å². The summed E-state index contributed by atoms with van der Waals surface area (Å²) < 4.78 is 36.7. The quantitative estimate of drug-likeness (QED) is 0.204. The number of carbonyl (C=O) groups is 1. The molecule has 3 heterocycles. The fourth-order valence-electron chi connectivity index (χ4n) is 5.72. The molecule has 4 N–H and O–H groups in total. The molecule has 3 aromatic carbocycles. The lowest BCUT2D eigenvalue weighted by molar-refractivity contribution is 0.0416. The Hall–Kier alpha value is -4.29. The predicted molar refractivity (Wildman–Crippen MR) is 173 cm³/mol. The topological polar surface area (TPSA) is 132 Å². The third-order valence-corrected chi connectivity index (χ3v) is 9.10. The van der Waals surface area contributed by atoms with Crippen LogP contribution in [0.4, 0.5) is 5.69 Å². The summed E-state index contributed by atoms with van der Waals surface area (Å²) >= 11 is 0. The summed E-state index contributed by atoms with van der Waals surface area (Å²) in [5.74, 6) is -0.595. The molecule has 228 valence electrons. The molecule has 10 nitrogen and oxygen atoms in total. The van der Waals surface area contributed by atoms with Crippen LogP contribution in [0.5, 0.6) is 0 Å². The number of anilines is 1. The zero-order valence-electron chi connectivity index (χ0n) is 24.6. The summed E-state index contributed by atoms with van der Waals surface area (Å²) in [6.45, 7) is 3.33. The van der Waals surface area contributed by atoms with E-state index in [2.05, 4.69) is 22.0 Å². The molecular weight excluding hydrogens is 576 g/mol. The van der Waals surface area contributed by atoms with Gasteiger partial charge in [0.1, 0.15) is 17.9 Å². The maximum Gasteiger partial charge on any atom is 0.355 e. The molecule has 0 spiro atoms. The SMILES string of the molecule is CN1CCNC(COC(=O)c2cc3ccc(CN)nc3n2Cc2cc(NS(=O)(=O)Cc3ccccc3)cc3ccccc23)C1. The number of nitrogens with zero attached hydrogens (tertiary/aromatic N) is 3. The lowest BCUT2D eigenvalue weighted by Gasteiger charge is -2.30. The first-order chi connectivity index (χ1) is 21.3. The van der Waals surface area contributed by atoms with Crippen molar-refractivity contribution in [1.82, 2.24) is 19.8 Å². The van der Waals surface area contributed by atoms with Crippen LogP contribution in [0.1, 0.15) is 27.3 Å². The molecule has 5 aromatic rings. The molecule has 0 amide bonds. The minimum Gasteiger partial charge on any atom is -0.459 e. The molecule has 2 aromatic heterocycles. The van der Waals surface area contributed by atoms with Gasteiger partial charge in [-0.2, -0.15) is 0 Å². The number of hydrogen-bond acceptors (Lipinski definition) is 8. The lowest BCUT2D eigenvalue weighted by Crippen LogP contribution is -2.51. The van der Waals surface area contributed by atoms with Gasteiger partial charge in [-0.05, 0) is 59.3 Å². The first kappa shape index (κ1) is 29.8. The number of aromatic nitrogens is 2. The summed E-state index contributed by atoms with van der Waals surface area (Å²) in [4.78, 5) is 20.5. The Kier molecular flexibility index (Phi) is 8.62. The third-order valence-electron chi connectivity index (χ3n) is 7.84. The number of hydrogen-bond donors (Lipinski definition) is 3. The molecule has 1 atom stereocenters. The molecular formula is C33H36N6O4S. The van der Waals surface area contributed by atoms with Gasteiger partial charge in [0.2, 0.25) is 10.0 Å². The van der Waals surface area contributed by atoms with Crippen LogP contribution in [0, 0.1) is 0 Å². The van der Waals surface area contributed by atoms with Gasteiger partial charge in [-0.3, -0.25) is 4.72 Å². The van der Waals surface area contributed by atoms with Gasteiger partial charge in [-0.25, -0.2) is 18.2 Å². The van der Waals surface area contributed by atoms with Crippen molar-refractivity contribution in [3.8, 4) is 0 Å². The molecule has 0 aliphatic carbocycles. The van der Waals surface area contributed by atoms with Crippen LogP contribution in [0.15, 0.2) is 84.9 Å². The number of pyridine rings is 1. The molecule has 1 fully saturated rings. The molecule has 0 saturated carbocycles.